The molecule has 68 valence electrons. The van der Waals surface area contributed by atoms with E-state index in [4.69, 9.17) is 5.11 Å². The summed E-state index contributed by atoms with van der Waals surface area (Å²) in [5.74, 6) is 0.562. The molecule has 0 atom stereocenters. The predicted molar refractivity (Wildman–Crippen MR) is 48.6 cm³/mol. The molecular weight excluding hydrogens is 138 g/mol. The van der Waals surface area contributed by atoms with Gasteiger partial charge >= 0.3 is 0 Å². The number of aliphatic hydroxyl groups is 1. The van der Waals surface area contributed by atoms with Gasteiger partial charge in [-0.2, -0.15) is 0 Å². The third-order valence-electron chi connectivity index (χ3n) is 1.97. The molecule has 0 aromatic carbocycles. The summed E-state index contributed by atoms with van der Waals surface area (Å²) >= 11 is 0. The average molecular weight is 159 g/mol. The van der Waals surface area contributed by atoms with Crippen molar-refractivity contribution in [2.75, 3.05) is 19.7 Å². The second-order valence-corrected chi connectivity index (χ2v) is 3.10. The van der Waals surface area contributed by atoms with Gasteiger partial charge in [-0.3, -0.25) is 0 Å². The van der Waals surface area contributed by atoms with Crippen molar-refractivity contribution >= 4 is 0 Å². The highest BCUT2D eigenvalue weighted by atomic mass is 16.3. The van der Waals surface area contributed by atoms with Crippen molar-refractivity contribution in [3.05, 3.63) is 0 Å². The Labute approximate surface area is 70.2 Å². The Morgan fingerprint density at radius 3 is 2.09 bits per heavy atom. The minimum Gasteiger partial charge on any atom is -0.396 e. The fraction of sp³-hybridized carbons (Fsp3) is 1.00. The second-order valence-electron chi connectivity index (χ2n) is 3.10. The molecule has 0 unspecified atom stereocenters. The molecule has 0 saturated carbocycles. The van der Waals surface area contributed by atoms with Gasteiger partial charge in [0, 0.05) is 31.7 Å². The van der Waals surface area contributed by atoms with Crippen molar-refractivity contribution in [3.63, 3.8) is 0 Å². The van der Waals surface area contributed by atoms with Crippen molar-refractivity contribution < 1.29 is 5.11 Å². The fourth-order valence-corrected chi connectivity index (χ4v) is 1.15. The lowest BCUT2D eigenvalue weighted by atomic mass is 10.00. The Balaban J connectivity index is 0.000000461. The molecule has 1 rings (SSSR count). The Kier molecular flexibility index (Phi) is 5.51. The molecule has 0 amide bonds. The number of hydrogen-bond donors (Lipinski definition) is 1. The number of rotatable bonds is 2. The molecule has 2 nitrogen and oxygen atoms in total. The van der Waals surface area contributed by atoms with E-state index in [1.54, 1.807) is 0 Å². The molecule has 1 aliphatic heterocycles. The molecule has 1 aliphatic rings. The maximum absolute atomic E-state index is 8.66. The molecule has 1 heterocycles. The van der Waals surface area contributed by atoms with Gasteiger partial charge in [0.25, 0.3) is 0 Å². The summed E-state index contributed by atoms with van der Waals surface area (Å²) in [5.41, 5.74) is 0. The highest BCUT2D eigenvalue weighted by Crippen LogP contribution is 2.16. The first-order chi connectivity index (χ1) is 5.24. The highest BCUT2D eigenvalue weighted by molar-refractivity contribution is 4.80. The van der Waals surface area contributed by atoms with Gasteiger partial charge in [-0.1, -0.05) is 13.8 Å². The van der Waals surface area contributed by atoms with E-state index in [1.807, 2.05) is 13.8 Å². The molecule has 0 radical (unpaired) electrons. The Hall–Kier alpha value is -0.0800. The van der Waals surface area contributed by atoms with Crippen LogP contribution in [0.1, 0.15) is 27.7 Å². The molecule has 0 bridgehead atoms. The SMILES string of the molecule is CC.CC(C)N1CC(CO)C1. The normalized spacial score (nSPS) is 19.1. The first-order valence-electron chi connectivity index (χ1n) is 4.59. The number of aliphatic hydroxyl groups excluding tert-OH is 1. The van der Waals surface area contributed by atoms with Crippen molar-refractivity contribution in [1.29, 1.82) is 0 Å². The van der Waals surface area contributed by atoms with Crippen LogP contribution >= 0.6 is 0 Å². The molecule has 0 aromatic heterocycles. The molecule has 1 fully saturated rings. The zero-order valence-electron chi connectivity index (χ0n) is 8.17. The van der Waals surface area contributed by atoms with Gasteiger partial charge in [-0.05, 0) is 13.8 Å². The largest absolute Gasteiger partial charge is 0.396 e. The zero-order valence-corrected chi connectivity index (χ0v) is 8.17. The van der Waals surface area contributed by atoms with E-state index in [1.165, 1.54) is 0 Å². The molecule has 2 heteroatoms. The number of likely N-dealkylation sites (tertiary alicyclic amines) is 1. The van der Waals surface area contributed by atoms with E-state index in [0.29, 0.717) is 18.6 Å². The van der Waals surface area contributed by atoms with Crippen LogP contribution in [0, 0.1) is 5.92 Å². The molecule has 0 spiro atoms. The zero-order chi connectivity index (χ0) is 8.85. The Bertz CT molecular complexity index is 87.6. The van der Waals surface area contributed by atoms with Crippen LogP contribution in [0.4, 0.5) is 0 Å². The van der Waals surface area contributed by atoms with E-state index in [-0.39, 0.29) is 0 Å². The fourth-order valence-electron chi connectivity index (χ4n) is 1.15. The van der Waals surface area contributed by atoms with Gasteiger partial charge in [0.15, 0.2) is 0 Å². The summed E-state index contributed by atoms with van der Waals surface area (Å²) in [6.45, 7) is 10.9. The molecule has 0 aromatic rings. The van der Waals surface area contributed by atoms with Crippen molar-refractivity contribution in [1.82, 2.24) is 4.90 Å². The maximum atomic E-state index is 8.66. The van der Waals surface area contributed by atoms with E-state index < -0.39 is 0 Å². The quantitative estimate of drug-likeness (QED) is 0.657. The van der Waals surface area contributed by atoms with Crippen LogP contribution in [0.25, 0.3) is 0 Å². The third kappa shape index (κ3) is 3.21. The van der Waals surface area contributed by atoms with E-state index in [2.05, 4.69) is 18.7 Å². The van der Waals surface area contributed by atoms with Crippen LogP contribution in [0.2, 0.25) is 0 Å². The summed E-state index contributed by atoms with van der Waals surface area (Å²) in [7, 11) is 0. The summed E-state index contributed by atoms with van der Waals surface area (Å²) in [4.78, 5) is 2.36. The van der Waals surface area contributed by atoms with Gasteiger partial charge in [-0.15, -0.1) is 0 Å². The summed E-state index contributed by atoms with van der Waals surface area (Å²) in [5, 5.41) is 8.66. The molecule has 1 saturated heterocycles. The summed E-state index contributed by atoms with van der Waals surface area (Å²) < 4.78 is 0. The maximum Gasteiger partial charge on any atom is 0.0483 e. The van der Waals surface area contributed by atoms with Gasteiger partial charge < -0.3 is 10.0 Å². The van der Waals surface area contributed by atoms with Crippen LogP contribution in [0.5, 0.6) is 0 Å². The van der Waals surface area contributed by atoms with Crippen LogP contribution in [0.15, 0.2) is 0 Å². The van der Waals surface area contributed by atoms with Crippen molar-refractivity contribution in [2.45, 2.75) is 33.7 Å². The number of hydrogen-bond acceptors (Lipinski definition) is 2. The van der Waals surface area contributed by atoms with Gasteiger partial charge in [0.05, 0.1) is 0 Å². The minimum absolute atomic E-state index is 0.364. The van der Waals surface area contributed by atoms with Crippen LogP contribution < -0.4 is 0 Å². The minimum atomic E-state index is 0.364. The van der Waals surface area contributed by atoms with E-state index in [0.717, 1.165) is 13.1 Å². The lowest BCUT2D eigenvalue weighted by Gasteiger charge is -2.41. The van der Waals surface area contributed by atoms with Crippen molar-refractivity contribution in [2.24, 2.45) is 5.92 Å². The highest BCUT2D eigenvalue weighted by Gasteiger charge is 2.26. The topological polar surface area (TPSA) is 23.5 Å². The van der Waals surface area contributed by atoms with Crippen LogP contribution in [-0.2, 0) is 0 Å². The van der Waals surface area contributed by atoms with E-state index >= 15 is 0 Å². The van der Waals surface area contributed by atoms with E-state index in [9.17, 15) is 0 Å². The van der Waals surface area contributed by atoms with Gasteiger partial charge in [-0.25, -0.2) is 0 Å². The van der Waals surface area contributed by atoms with Gasteiger partial charge in [0.2, 0.25) is 0 Å². The first-order valence-corrected chi connectivity index (χ1v) is 4.59. The summed E-state index contributed by atoms with van der Waals surface area (Å²) in [6.07, 6.45) is 0. The molecule has 1 N–H and O–H groups in total. The van der Waals surface area contributed by atoms with Crippen molar-refractivity contribution in [3.8, 4) is 0 Å². The predicted octanol–water partition coefficient (Wildman–Crippen LogP) is 1.35. The van der Waals surface area contributed by atoms with Crippen LogP contribution in [-0.4, -0.2) is 35.7 Å². The lowest BCUT2D eigenvalue weighted by Crippen LogP contribution is -2.51. The Morgan fingerprint density at radius 2 is 1.82 bits per heavy atom. The third-order valence-corrected chi connectivity index (χ3v) is 1.97. The smallest absolute Gasteiger partial charge is 0.0483 e. The molecular formula is C9H21NO. The summed E-state index contributed by atoms with van der Waals surface area (Å²) in [6, 6.07) is 0.660. The lowest BCUT2D eigenvalue weighted by molar-refractivity contribution is 0.0308. The Morgan fingerprint density at radius 1 is 1.36 bits per heavy atom. The monoisotopic (exact) mass is 159 g/mol. The molecule has 11 heavy (non-hydrogen) atoms. The number of nitrogens with zero attached hydrogens (tertiary/aromatic N) is 1. The van der Waals surface area contributed by atoms with Crippen LogP contribution in [0.3, 0.4) is 0 Å². The molecule has 0 aliphatic carbocycles. The van der Waals surface area contributed by atoms with Gasteiger partial charge in [0.1, 0.15) is 0 Å². The second kappa shape index (κ2) is 5.56. The standard InChI is InChI=1S/C7H15NO.C2H6/c1-6(2)8-3-7(4-8)5-9;1-2/h6-7,9H,3-5H2,1-2H3;1-2H3. The average Bonchev–Trinajstić information content (AvgIpc) is 1.89. The first kappa shape index (κ1) is 10.9.